The van der Waals surface area contributed by atoms with Crippen LogP contribution < -0.4 is 5.73 Å². The predicted octanol–water partition coefficient (Wildman–Crippen LogP) is 2.34. The van der Waals surface area contributed by atoms with Crippen LogP contribution in [0.15, 0.2) is 28.0 Å². The van der Waals surface area contributed by atoms with E-state index < -0.39 is 0 Å². The molecular formula is C13H19BrN4O. The summed E-state index contributed by atoms with van der Waals surface area (Å²) >= 11 is 3.38. The van der Waals surface area contributed by atoms with Crippen LogP contribution in [0.1, 0.15) is 31.4 Å². The molecule has 0 amide bonds. The number of pyridine rings is 1. The van der Waals surface area contributed by atoms with Gasteiger partial charge in [-0.1, -0.05) is 18.0 Å². The number of aromatic nitrogens is 1. The standard InChI is InChI=1S/C13H19BrN4O/c14-10-5-6-11(16-7-10)8-18(9-13(15)17-19)12-3-1-2-4-12/h5-7,12,19H,1-4,8-9H2,(H2,15,17). The first-order valence-electron chi connectivity index (χ1n) is 6.50. The van der Waals surface area contributed by atoms with Crippen LogP contribution in [-0.2, 0) is 6.54 Å². The molecule has 0 radical (unpaired) electrons. The molecule has 0 atom stereocenters. The molecule has 0 spiro atoms. The van der Waals surface area contributed by atoms with Crippen LogP contribution in [0.4, 0.5) is 0 Å². The van der Waals surface area contributed by atoms with E-state index >= 15 is 0 Å². The van der Waals surface area contributed by atoms with Gasteiger partial charge in [0.05, 0.1) is 12.2 Å². The second-order valence-electron chi connectivity index (χ2n) is 4.90. The van der Waals surface area contributed by atoms with Crippen LogP contribution in [0.2, 0.25) is 0 Å². The molecule has 1 aliphatic rings. The number of nitrogens with zero attached hydrogens (tertiary/aromatic N) is 3. The molecule has 1 saturated carbocycles. The summed E-state index contributed by atoms with van der Waals surface area (Å²) in [6.45, 7) is 1.22. The molecule has 19 heavy (non-hydrogen) atoms. The van der Waals surface area contributed by atoms with Crippen LogP contribution in [0.25, 0.3) is 0 Å². The van der Waals surface area contributed by atoms with Crippen LogP contribution in [0, 0.1) is 0 Å². The number of oxime groups is 1. The van der Waals surface area contributed by atoms with Gasteiger partial charge in [-0.05, 0) is 40.9 Å². The van der Waals surface area contributed by atoms with Crippen molar-refractivity contribution >= 4 is 21.8 Å². The lowest BCUT2D eigenvalue weighted by molar-refractivity contribution is 0.211. The molecule has 1 heterocycles. The number of halogens is 1. The summed E-state index contributed by atoms with van der Waals surface area (Å²) < 4.78 is 0.972. The Balaban J connectivity index is 2.05. The normalized spacial score (nSPS) is 17.3. The highest BCUT2D eigenvalue weighted by molar-refractivity contribution is 9.10. The molecule has 0 aliphatic heterocycles. The maximum absolute atomic E-state index is 8.74. The fraction of sp³-hybridized carbons (Fsp3) is 0.538. The molecule has 2 rings (SSSR count). The Morgan fingerprint density at radius 3 is 2.79 bits per heavy atom. The molecule has 0 bridgehead atoms. The smallest absolute Gasteiger partial charge is 0.153 e. The first-order valence-corrected chi connectivity index (χ1v) is 7.29. The summed E-state index contributed by atoms with van der Waals surface area (Å²) in [5.41, 5.74) is 6.65. The second kappa shape index (κ2) is 6.86. The van der Waals surface area contributed by atoms with E-state index in [-0.39, 0.29) is 5.84 Å². The van der Waals surface area contributed by atoms with E-state index in [0.29, 0.717) is 12.6 Å². The van der Waals surface area contributed by atoms with Crippen molar-refractivity contribution in [3.63, 3.8) is 0 Å². The van der Waals surface area contributed by atoms with E-state index in [1.165, 1.54) is 25.7 Å². The lowest BCUT2D eigenvalue weighted by Crippen LogP contribution is -2.39. The molecule has 0 unspecified atom stereocenters. The maximum Gasteiger partial charge on any atom is 0.153 e. The highest BCUT2D eigenvalue weighted by Crippen LogP contribution is 2.24. The minimum atomic E-state index is 0.254. The lowest BCUT2D eigenvalue weighted by atomic mass is 10.2. The molecule has 3 N–H and O–H groups in total. The molecule has 1 aromatic heterocycles. The van der Waals surface area contributed by atoms with Crippen LogP contribution >= 0.6 is 15.9 Å². The van der Waals surface area contributed by atoms with Crippen molar-refractivity contribution < 1.29 is 5.21 Å². The third-order valence-electron chi connectivity index (χ3n) is 3.49. The van der Waals surface area contributed by atoms with E-state index in [1.54, 1.807) is 6.20 Å². The van der Waals surface area contributed by atoms with Gasteiger partial charge in [0.25, 0.3) is 0 Å². The summed E-state index contributed by atoms with van der Waals surface area (Å²) in [6.07, 6.45) is 6.66. The van der Waals surface area contributed by atoms with Gasteiger partial charge in [-0.15, -0.1) is 0 Å². The fourth-order valence-electron chi connectivity index (χ4n) is 2.53. The summed E-state index contributed by atoms with van der Waals surface area (Å²) in [5, 5.41) is 11.8. The molecule has 0 saturated heterocycles. The minimum Gasteiger partial charge on any atom is -0.409 e. The first-order chi connectivity index (χ1) is 9.19. The van der Waals surface area contributed by atoms with Crippen molar-refractivity contribution in [3.8, 4) is 0 Å². The van der Waals surface area contributed by atoms with Crippen molar-refractivity contribution in [2.45, 2.75) is 38.3 Å². The Morgan fingerprint density at radius 2 is 2.21 bits per heavy atom. The van der Waals surface area contributed by atoms with Crippen LogP contribution in [0.3, 0.4) is 0 Å². The minimum absolute atomic E-state index is 0.254. The fourth-order valence-corrected chi connectivity index (χ4v) is 2.77. The van der Waals surface area contributed by atoms with Crippen molar-refractivity contribution in [2.75, 3.05) is 6.54 Å². The number of amidine groups is 1. The molecule has 6 heteroatoms. The number of nitrogens with two attached hydrogens (primary N) is 1. The van der Waals surface area contributed by atoms with E-state index in [4.69, 9.17) is 10.9 Å². The van der Waals surface area contributed by atoms with Crippen LogP contribution in [0.5, 0.6) is 0 Å². The lowest BCUT2D eigenvalue weighted by Gasteiger charge is -2.27. The SMILES string of the molecule is N/C(CN(Cc1ccc(Br)cn1)C1CCCC1)=N/O. The zero-order chi connectivity index (χ0) is 13.7. The third kappa shape index (κ3) is 4.18. The number of hydrogen-bond donors (Lipinski definition) is 2. The largest absolute Gasteiger partial charge is 0.409 e. The summed E-state index contributed by atoms with van der Waals surface area (Å²) in [5.74, 6) is 0.254. The van der Waals surface area contributed by atoms with Crippen molar-refractivity contribution in [2.24, 2.45) is 10.9 Å². The zero-order valence-electron chi connectivity index (χ0n) is 10.8. The molecule has 1 aromatic rings. The van der Waals surface area contributed by atoms with Crippen molar-refractivity contribution in [1.29, 1.82) is 0 Å². The summed E-state index contributed by atoms with van der Waals surface area (Å²) in [4.78, 5) is 6.64. The van der Waals surface area contributed by atoms with E-state index in [0.717, 1.165) is 16.7 Å². The molecule has 0 aromatic carbocycles. The van der Waals surface area contributed by atoms with Gasteiger partial charge in [0.15, 0.2) is 5.84 Å². The Bertz CT molecular complexity index is 429. The highest BCUT2D eigenvalue weighted by atomic mass is 79.9. The molecule has 5 nitrogen and oxygen atoms in total. The van der Waals surface area contributed by atoms with Gasteiger partial charge in [0.2, 0.25) is 0 Å². The summed E-state index contributed by atoms with van der Waals surface area (Å²) in [7, 11) is 0. The molecule has 1 aliphatic carbocycles. The topological polar surface area (TPSA) is 74.7 Å². The Hall–Kier alpha value is -1.14. The van der Waals surface area contributed by atoms with Crippen LogP contribution in [-0.4, -0.2) is 33.5 Å². The van der Waals surface area contributed by atoms with Gasteiger partial charge in [0.1, 0.15) is 0 Å². The zero-order valence-corrected chi connectivity index (χ0v) is 12.4. The van der Waals surface area contributed by atoms with E-state index in [2.05, 4.69) is 31.0 Å². The van der Waals surface area contributed by atoms with Gasteiger partial charge >= 0.3 is 0 Å². The van der Waals surface area contributed by atoms with E-state index in [1.807, 2.05) is 12.1 Å². The number of rotatable bonds is 5. The quantitative estimate of drug-likeness (QED) is 0.377. The second-order valence-corrected chi connectivity index (χ2v) is 5.82. The van der Waals surface area contributed by atoms with E-state index in [9.17, 15) is 0 Å². The molecule has 1 fully saturated rings. The van der Waals surface area contributed by atoms with Gasteiger partial charge in [-0.3, -0.25) is 9.88 Å². The van der Waals surface area contributed by atoms with Gasteiger partial charge in [0, 0.05) is 23.3 Å². The summed E-state index contributed by atoms with van der Waals surface area (Å²) in [6, 6.07) is 4.49. The molecular weight excluding hydrogens is 308 g/mol. The predicted molar refractivity (Wildman–Crippen MR) is 78.0 cm³/mol. The average Bonchev–Trinajstić information content (AvgIpc) is 2.94. The maximum atomic E-state index is 8.74. The van der Waals surface area contributed by atoms with Gasteiger partial charge < -0.3 is 10.9 Å². The Morgan fingerprint density at radius 1 is 1.47 bits per heavy atom. The average molecular weight is 327 g/mol. The van der Waals surface area contributed by atoms with Crippen molar-refractivity contribution in [1.82, 2.24) is 9.88 Å². The van der Waals surface area contributed by atoms with Gasteiger partial charge in [-0.2, -0.15) is 0 Å². The monoisotopic (exact) mass is 326 g/mol. The number of hydrogen-bond acceptors (Lipinski definition) is 4. The highest BCUT2D eigenvalue weighted by Gasteiger charge is 2.23. The molecule has 104 valence electrons. The first kappa shape index (κ1) is 14.3. The Kier molecular flexibility index (Phi) is 5.15. The van der Waals surface area contributed by atoms with Gasteiger partial charge in [-0.25, -0.2) is 0 Å². The third-order valence-corrected chi connectivity index (χ3v) is 3.96. The van der Waals surface area contributed by atoms with Crippen molar-refractivity contribution in [3.05, 3.63) is 28.5 Å². The Labute approximate surface area is 121 Å².